The fourth-order valence-electron chi connectivity index (χ4n) is 2.97. The predicted molar refractivity (Wildman–Crippen MR) is 107 cm³/mol. The normalized spacial score (nSPS) is 11.9. The molecule has 9 nitrogen and oxygen atoms in total. The minimum absolute atomic E-state index is 0.00138. The lowest BCUT2D eigenvalue weighted by atomic mass is 10.1. The number of benzene rings is 1. The van der Waals surface area contributed by atoms with E-state index in [9.17, 15) is 4.79 Å². The van der Waals surface area contributed by atoms with E-state index < -0.39 is 11.7 Å². The second-order valence-electron chi connectivity index (χ2n) is 7.55. The van der Waals surface area contributed by atoms with Gasteiger partial charge in [-0.15, -0.1) is 5.10 Å². The molecule has 0 aliphatic rings. The van der Waals surface area contributed by atoms with Gasteiger partial charge in [0.05, 0.1) is 5.69 Å². The maximum absolute atomic E-state index is 12.6. The highest BCUT2D eigenvalue weighted by Crippen LogP contribution is 2.28. The standard InChI is InChI=1S/C20H21N5O4/c1-20(2,3)28-19(27)25-15-5-4-9-21-17(15)18(23-25)22-12-6-7-13-14(8-10-26)24-29-16(13)11-12/h4-7,9,11,26H,8,10H2,1-3H3,(H,22,23). The molecular formula is C20H21N5O4. The van der Waals surface area contributed by atoms with Gasteiger partial charge in [-0.05, 0) is 45.0 Å². The number of carbonyl (C=O) groups is 1. The second-order valence-corrected chi connectivity index (χ2v) is 7.55. The van der Waals surface area contributed by atoms with E-state index in [0.29, 0.717) is 40.2 Å². The van der Waals surface area contributed by atoms with Gasteiger partial charge in [0.2, 0.25) is 0 Å². The Kier molecular flexibility index (Phi) is 4.67. The number of hydrogen-bond donors (Lipinski definition) is 2. The van der Waals surface area contributed by atoms with Gasteiger partial charge in [-0.25, -0.2) is 4.79 Å². The zero-order chi connectivity index (χ0) is 20.6. The van der Waals surface area contributed by atoms with Crippen LogP contribution in [-0.2, 0) is 11.2 Å². The lowest BCUT2D eigenvalue weighted by molar-refractivity contribution is 0.0523. The van der Waals surface area contributed by atoms with Crippen LogP contribution in [0.15, 0.2) is 41.1 Å². The quantitative estimate of drug-likeness (QED) is 0.538. The lowest BCUT2D eigenvalue weighted by Gasteiger charge is -2.19. The van der Waals surface area contributed by atoms with Crippen molar-refractivity contribution in [3.63, 3.8) is 0 Å². The van der Waals surface area contributed by atoms with Gasteiger partial charge in [0.25, 0.3) is 0 Å². The number of anilines is 2. The van der Waals surface area contributed by atoms with Gasteiger partial charge in [-0.3, -0.25) is 4.98 Å². The molecule has 0 aliphatic carbocycles. The van der Waals surface area contributed by atoms with E-state index in [0.717, 1.165) is 5.39 Å². The predicted octanol–water partition coefficient (Wildman–Crippen LogP) is 3.63. The van der Waals surface area contributed by atoms with E-state index in [4.69, 9.17) is 14.4 Å². The molecule has 0 saturated carbocycles. The van der Waals surface area contributed by atoms with Crippen molar-refractivity contribution in [2.45, 2.75) is 32.8 Å². The van der Waals surface area contributed by atoms with Crippen molar-refractivity contribution in [3.8, 4) is 0 Å². The molecule has 0 fully saturated rings. The van der Waals surface area contributed by atoms with Gasteiger partial charge in [0.15, 0.2) is 11.4 Å². The highest BCUT2D eigenvalue weighted by Gasteiger charge is 2.22. The Bertz CT molecular complexity index is 1190. The number of ether oxygens (including phenoxy) is 1. The van der Waals surface area contributed by atoms with Crippen molar-refractivity contribution >= 4 is 39.6 Å². The van der Waals surface area contributed by atoms with Crippen LogP contribution >= 0.6 is 0 Å². The number of nitrogens with one attached hydrogen (secondary N) is 1. The van der Waals surface area contributed by atoms with Crippen LogP contribution in [0, 0.1) is 0 Å². The fraction of sp³-hybridized carbons (Fsp3) is 0.300. The Balaban J connectivity index is 1.69. The van der Waals surface area contributed by atoms with E-state index >= 15 is 0 Å². The van der Waals surface area contributed by atoms with Crippen LogP contribution in [0.1, 0.15) is 26.5 Å². The van der Waals surface area contributed by atoms with Crippen molar-refractivity contribution in [3.05, 3.63) is 42.2 Å². The van der Waals surface area contributed by atoms with Crippen LogP contribution in [0.5, 0.6) is 0 Å². The summed E-state index contributed by atoms with van der Waals surface area (Å²) in [6.07, 6.45) is 1.48. The molecule has 0 amide bonds. The summed E-state index contributed by atoms with van der Waals surface area (Å²) in [5, 5.41) is 21.5. The smallest absolute Gasteiger partial charge is 0.435 e. The van der Waals surface area contributed by atoms with Gasteiger partial charge < -0.3 is 19.7 Å². The largest absolute Gasteiger partial charge is 0.442 e. The first-order valence-electron chi connectivity index (χ1n) is 9.19. The number of fused-ring (bicyclic) bond motifs is 2. The minimum atomic E-state index is -0.644. The molecule has 0 aliphatic heterocycles. The van der Waals surface area contributed by atoms with Crippen LogP contribution in [-0.4, -0.2) is 43.3 Å². The molecule has 0 radical (unpaired) electrons. The molecule has 0 unspecified atom stereocenters. The number of pyridine rings is 1. The summed E-state index contributed by atoms with van der Waals surface area (Å²) in [7, 11) is 0. The summed E-state index contributed by atoms with van der Waals surface area (Å²) in [5.74, 6) is 0.418. The third-order valence-electron chi connectivity index (χ3n) is 4.16. The van der Waals surface area contributed by atoms with Gasteiger partial charge in [0, 0.05) is 36.4 Å². The molecule has 0 atom stereocenters. The molecule has 4 rings (SSSR count). The molecule has 0 spiro atoms. The first-order valence-corrected chi connectivity index (χ1v) is 9.19. The number of aliphatic hydroxyl groups excluding tert-OH is 1. The second kappa shape index (κ2) is 7.17. The van der Waals surface area contributed by atoms with Crippen molar-refractivity contribution in [2.75, 3.05) is 11.9 Å². The van der Waals surface area contributed by atoms with Crippen LogP contribution in [0.2, 0.25) is 0 Å². The van der Waals surface area contributed by atoms with E-state index in [1.165, 1.54) is 4.68 Å². The highest BCUT2D eigenvalue weighted by atomic mass is 16.6. The van der Waals surface area contributed by atoms with Gasteiger partial charge in [-0.1, -0.05) is 5.16 Å². The molecule has 4 aromatic rings. The average molecular weight is 395 g/mol. The van der Waals surface area contributed by atoms with Crippen molar-refractivity contribution < 1.29 is 19.2 Å². The summed E-state index contributed by atoms with van der Waals surface area (Å²) >= 11 is 0. The molecule has 9 heteroatoms. The Morgan fingerprint density at radius 1 is 1.31 bits per heavy atom. The van der Waals surface area contributed by atoms with Crippen molar-refractivity contribution in [1.82, 2.24) is 19.9 Å². The summed E-state index contributed by atoms with van der Waals surface area (Å²) in [6.45, 7) is 5.39. The fourth-order valence-corrected chi connectivity index (χ4v) is 2.97. The third kappa shape index (κ3) is 3.77. The van der Waals surface area contributed by atoms with Gasteiger partial charge >= 0.3 is 6.09 Å². The Labute approximate surface area is 166 Å². The highest BCUT2D eigenvalue weighted by molar-refractivity contribution is 5.94. The third-order valence-corrected chi connectivity index (χ3v) is 4.16. The monoisotopic (exact) mass is 395 g/mol. The number of hydrogen-bond acceptors (Lipinski definition) is 8. The Morgan fingerprint density at radius 3 is 2.90 bits per heavy atom. The molecule has 3 heterocycles. The molecule has 0 bridgehead atoms. The Hall–Kier alpha value is -3.46. The van der Waals surface area contributed by atoms with Crippen LogP contribution in [0.4, 0.5) is 16.3 Å². The molecule has 0 saturated heterocycles. The number of nitrogens with zero attached hydrogens (tertiary/aromatic N) is 4. The van der Waals surface area contributed by atoms with Crippen molar-refractivity contribution in [1.29, 1.82) is 0 Å². The SMILES string of the molecule is CC(C)(C)OC(=O)n1nc(Nc2ccc3c(CCO)noc3c2)c2ncccc21. The zero-order valence-corrected chi connectivity index (χ0v) is 16.3. The molecule has 1 aromatic carbocycles. The first-order chi connectivity index (χ1) is 13.9. The molecule has 29 heavy (non-hydrogen) atoms. The molecule has 150 valence electrons. The summed E-state index contributed by atoms with van der Waals surface area (Å²) in [5.41, 5.74) is 2.42. The lowest BCUT2D eigenvalue weighted by Crippen LogP contribution is -2.27. The average Bonchev–Trinajstić information content (AvgIpc) is 3.23. The number of rotatable bonds is 4. The summed E-state index contributed by atoms with van der Waals surface area (Å²) < 4.78 is 12.0. The van der Waals surface area contributed by atoms with Crippen molar-refractivity contribution in [2.24, 2.45) is 0 Å². The van der Waals surface area contributed by atoms with E-state index in [2.05, 4.69) is 20.6 Å². The Morgan fingerprint density at radius 2 is 2.14 bits per heavy atom. The van der Waals surface area contributed by atoms with Crippen LogP contribution < -0.4 is 5.32 Å². The van der Waals surface area contributed by atoms with E-state index in [1.54, 1.807) is 45.2 Å². The van der Waals surface area contributed by atoms with Crippen LogP contribution in [0.25, 0.3) is 22.0 Å². The van der Waals surface area contributed by atoms with Gasteiger partial charge in [0.1, 0.15) is 16.6 Å². The molecule has 2 N–H and O–H groups in total. The summed E-state index contributed by atoms with van der Waals surface area (Å²) in [6, 6.07) is 8.98. The zero-order valence-electron chi connectivity index (χ0n) is 16.3. The maximum Gasteiger partial charge on any atom is 0.435 e. The maximum atomic E-state index is 12.6. The first kappa shape index (κ1) is 18.9. The summed E-state index contributed by atoms with van der Waals surface area (Å²) in [4.78, 5) is 16.9. The molecule has 3 aromatic heterocycles. The minimum Gasteiger partial charge on any atom is -0.442 e. The van der Waals surface area contributed by atoms with Crippen LogP contribution in [0.3, 0.4) is 0 Å². The number of carbonyl (C=O) groups excluding carboxylic acids is 1. The van der Waals surface area contributed by atoms with E-state index in [1.807, 2.05) is 12.1 Å². The molecular weight excluding hydrogens is 374 g/mol. The number of aliphatic hydroxyl groups is 1. The topological polar surface area (TPSA) is 115 Å². The number of aromatic nitrogens is 4. The van der Waals surface area contributed by atoms with Gasteiger partial charge in [-0.2, -0.15) is 4.68 Å². The van der Waals surface area contributed by atoms with E-state index in [-0.39, 0.29) is 6.61 Å².